The second-order valence-electron chi connectivity index (χ2n) is 4.40. The largest absolute Gasteiger partial charge is 0.298 e. The number of thioether (sulfide) groups is 1. The lowest BCUT2D eigenvalue weighted by Gasteiger charge is -2.17. The fourth-order valence-corrected chi connectivity index (χ4v) is 2.88. The maximum absolute atomic E-state index is 12.0. The van der Waals surface area contributed by atoms with Crippen LogP contribution in [-0.4, -0.2) is 39.6 Å². The quantitative estimate of drug-likeness (QED) is 0.620. The molecule has 2 heterocycles. The number of amides is 1. The number of rotatable bonds is 4. The van der Waals surface area contributed by atoms with Crippen LogP contribution in [-0.2, 0) is 9.59 Å². The standard InChI is InChI=1S/C12H12ClN3O3S/c1-7(18)20-5-8-2-10(19)16(3-8)12-9(4-17)11(13)14-6-15-12/h4,6,8H,2-3,5H2,1H3. The minimum Gasteiger partial charge on any atom is -0.298 e. The van der Waals surface area contributed by atoms with E-state index in [1.807, 2.05) is 0 Å². The van der Waals surface area contributed by atoms with E-state index in [-0.39, 0.29) is 33.5 Å². The Morgan fingerprint density at radius 1 is 1.60 bits per heavy atom. The molecule has 1 unspecified atom stereocenters. The van der Waals surface area contributed by atoms with E-state index in [0.29, 0.717) is 25.0 Å². The molecule has 0 spiro atoms. The van der Waals surface area contributed by atoms with Crippen LogP contribution in [0.5, 0.6) is 0 Å². The number of carbonyl (C=O) groups excluding carboxylic acids is 3. The molecule has 106 valence electrons. The van der Waals surface area contributed by atoms with E-state index >= 15 is 0 Å². The van der Waals surface area contributed by atoms with Crippen LogP contribution >= 0.6 is 23.4 Å². The van der Waals surface area contributed by atoms with Gasteiger partial charge in [0.2, 0.25) is 5.91 Å². The second-order valence-corrected chi connectivity index (χ2v) is 5.95. The minimum atomic E-state index is -0.128. The van der Waals surface area contributed by atoms with Gasteiger partial charge in [0.25, 0.3) is 0 Å². The van der Waals surface area contributed by atoms with Crippen LogP contribution in [0.4, 0.5) is 5.82 Å². The molecule has 1 fully saturated rings. The summed E-state index contributed by atoms with van der Waals surface area (Å²) < 4.78 is 0. The summed E-state index contributed by atoms with van der Waals surface area (Å²) in [4.78, 5) is 43.2. The number of anilines is 1. The number of hydrogen-bond donors (Lipinski definition) is 0. The summed E-state index contributed by atoms with van der Waals surface area (Å²) in [6.45, 7) is 1.92. The molecule has 0 bridgehead atoms. The lowest BCUT2D eigenvalue weighted by molar-refractivity contribution is -0.117. The molecule has 1 atom stereocenters. The normalized spacial score (nSPS) is 18.4. The summed E-state index contributed by atoms with van der Waals surface area (Å²) in [5.41, 5.74) is 0.113. The first-order valence-corrected chi connectivity index (χ1v) is 7.28. The zero-order valence-electron chi connectivity index (χ0n) is 10.7. The van der Waals surface area contributed by atoms with E-state index in [2.05, 4.69) is 9.97 Å². The molecule has 0 aromatic carbocycles. The number of halogens is 1. The van der Waals surface area contributed by atoms with Crippen LogP contribution in [0.2, 0.25) is 5.15 Å². The smallest absolute Gasteiger partial charge is 0.228 e. The SMILES string of the molecule is CC(=O)SCC1CC(=O)N(c2ncnc(Cl)c2C=O)C1. The van der Waals surface area contributed by atoms with Crippen molar-refractivity contribution in [2.75, 3.05) is 17.2 Å². The van der Waals surface area contributed by atoms with Crippen molar-refractivity contribution in [2.24, 2.45) is 5.92 Å². The maximum Gasteiger partial charge on any atom is 0.228 e. The van der Waals surface area contributed by atoms with E-state index in [0.717, 1.165) is 0 Å². The highest BCUT2D eigenvalue weighted by Gasteiger charge is 2.33. The lowest BCUT2D eigenvalue weighted by Crippen LogP contribution is -2.27. The van der Waals surface area contributed by atoms with E-state index in [1.165, 1.54) is 29.9 Å². The van der Waals surface area contributed by atoms with Gasteiger partial charge in [-0.3, -0.25) is 19.3 Å². The van der Waals surface area contributed by atoms with Crippen LogP contribution in [0.3, 0.4) is 0 Å². The molecule has 0 saturated carbocycles. The van der Waals surface area contributed by atoms with Gasteiger partial charge in [-0.05, 0) is 5.92 Å². The fraction of sp³-hybridized carbons (Fsp3) is 0.417. The first-order chi connectivity index (χ1) is 9.52. The summed E-state index contributed by atoms with van der Waals surface area (Å²) in [6, 6.07) is 0. The van der Waals surface area contributed by atoms with Crippen LogP contribution in [0.1, 0.15) is 23.7 Å². The van der Waals surface area contributed by atoms with Gasteiger partial charge >= 0.3 is 0 Å². The number of carbonyl (C=O) groups is 3. The molecule has 1 aromatic rings. The molecule has 1 aliphatic heterocycles. The Morgan fingerprint density at radius 2 is 2.35 bits per heavy atom. The van der Waals surface area contributed by atoms with Crippen molar-refractivity contribution in [1.82, 2.24) is 9.97 Å². The van der Waals surface area contributed by atoms with E-state index in [1.54, 1.807) is 0 Å². The van der Waals surface area contributed by atoms with Gasteiger partial charge in [-0.1, -0.05) is 23.4 Å². The summed E-state index contributed by atoms with van der Waals surface area (Å²) in [5.74, 6) is 0.745. The molecule has 1 aliphatic rings. The Morgan fingerprint density at radius 3 is 3.00 bits per heavy atom. The van der Waals surface area contributed by atoms with Crippen molar-refractivity contribution in [2.45, 2.75) is 13.3 Å². The van der Waals surface area contributed by atoms with E-state index in [4.69, 9.17) is 11.6 Å². The molecule has 0 radical (unpaired) electrons. The zero-order chi connectivity index (χ0) is 14.7. The third-order valence-electron chi connectivity index (χ3n) is 2.92. The topological polar surface area (TPSA) is 80.2 Å². The molecule has 1 aromatic heterocycles. The van der Waals surface area contributed by atoms with Crippen molar-refractivity contribution >= 4 is 46.5 Å². The Balaban J connectivity index is 2.18. The highest BCUT2D eigenvalue weighted by molar-refractivity contribution is 8.13. The summed E-state index contributed by atoms with van der Waals surface area (Å²) in [7, 11) is 0. The van der Waals surface area contributed by atoms with Crippen molar-refractivity contribution < 1.29 is 14.4 Å². The van der Waals surface area contributed by atoms with Crippen LogP contribution in [0.25, 0.3) is 0 Å². The van der Waals surface area contributed by atoms with Crippen LogP contribution in [0, 0.1) is 5.92 Å². The van der Waals surface area contributed by atoms with Crippen LogP contribution in [0.15, 0.2) is 6.33 Å². The monoisotopic (exact) mass is 313 g/mol. The Labute approximate surface area is 124 Å². The maximum atomic E-state index is 12.0. The molecule has 0 N–H and O–H groups in total. The third-order valence-corrected chi connectivity index (χ3v) is 4.26. The first-order valence-electron chi connectivity index (χ1n) is 5.92. The summed E-state index contributed by atoms with van der Waals surface area (Å²) in [6.07, 6.45) is 2.10. The molecule has 20 heavy (non-hydrogen) atoms. The van der Waals surface area contributed by atoms with Gasteiger partial charge in [-0.15, -0.1) is 0 Å². The highest BCUT2D eigenvalue weighted by atomic mass is 35.5. The predicted octanol–water partition coefficient (Wildman–Crippen LogP) is 1.58. The molecule has 1 amide bonds. The van der Waals surface area contributed by atoms with Crippen molar-refractivity contribution in [3.8, 4) is 0 Å². The van der Waals surface area contributed by atoms with E-state index in [9.17, 15) is 14.4 Å². The number of aromatic nitrogens is 2. The number of nitrogens with zero attached hydrogens (tertiary/aromatic N) is 3. The first kappa shape index (κ1) is 14.9. The summed E-state index contributed by atoms with van der Waals surface area (Å²) >= 11 is 7.02. The lowest BCUT2D eigenvalue weighted by atomic mass is 10.1. The molecule has 8 heteroatoms. The fourth-order valence-electron chi connectivity index (χ4n) is 2.02. The van der Waals surface area contributed by atoms with Gasteiger partial charge in [0, 0.05) is 25.6 Å². The number of aldehydes is 1. The van der Waals surface area contributed by atoms with Crippen LogP contribution < -0.4 is 4.90 Å². The Hall–Kier alpha value is -1.47. The highest BCUT2D eigenvalue weighted by Crippen LogP contribution is 2.29. The predicted molar refractivity (Wildman–Crippen MR) is 76.0 cm³/mol. The van der Waals surface area contributed by atoms with Gasteiger partial charge in [0.15, 0.2) is 17.2 Å². The van der Waals surface area contributed by atoms with Gasteiger partial charge in [-0.2, -0.15) is 0 Å². The van der Waals surface area contributed by atoms with Crippen molar-refractivity contribution in [3.63, 3.8) is 0 Å². The minimum absolute atomic E-state index is 0.0227. The van der Waals surface area contributed by atoms with E-state index < -0.39 is 0 Å². The summed E-state index contributed by atoms with van der Waals surface area (Å²) in [5, 5.41) is 0.0499. The second kappa shape index (κ2) is 6.32. The molecule has 1 saturated heterocycles. The molecule has 0 aliphatic carbocycles. The van der Waals surface area contributed by atoms with Gasteiger partial charge in [-0.25, -0.2) is 9.97 Å². The van der Waals surface area contributed by atoms with Crippen molar-refractivity contribution in [3.05, 3.63) is 17.0 Å². The third kappa shape index (κ3) is 3.16. The van der Waals surface area contributed by atoms with Crippen molar-refractivity contribution in [1.29, 1.82) is 0 Å². The zero-order valence-corrected chi connectivity index (χ0v) is 12.3. The molecular weight excluding hydrogens is 302 g/mol. The van der Waals surface area contributed by atoms with Gasteiger partial charge < -0.3 is 0 Å². The Bertz CT molecular complexity index is 567. The average Bonchev–Trinajstić information content (AvgIpc) is 2.77. The Kier molecular flexibility index (Phi) is 4.72. The molecular formula is C12H12ClN3O3S. The molecule has 2 rings (SSSR count). The number of hydrogen-bond acceptors (Lipinski definition) is 6. The van der Waals surface area contributed by atoms with Gasteiger partial charge in [0.1, 0.15) is 11.5 Å². The molecule has 6 nitrogen and oxygen atoms in total. The average molecular weight is 314 g/mol. The van der Waals surface area contributed by atoms with Gasteiger partial charge in [0.05, 0.1) is 5.56 Å².